The molecule has 2 rings (SSSR count). The molecule has 0 N–H and O–H groups in total. The first-order chi connectivity index (χ1) is 7.22. The van der Waals surface area contributed by atoms with E-state index >= 15 is 0 Å². The summed E-state index contributed by atoms with van der Waals surface area (Å²) in [7, 11) is 0. The molecule has 1 atom stereocenters. The molecule has 0 aromatic rings. The lowest BCUT2D eigenvalue weighted by molar-refractivity contribution is -0.332. The van der Waals surface area contributed by atoms with Gasteiger partial charge in [0.2, 0.25) is 0 Å². The maximum atomic E-state index is 10.8. The number of ether oxygens (including phenoxy) is 2. The Hall–Kier alpha value is -0.410. The average molecular weight is 212 g/mol. The molecule has 1 unspecified atom stereocenters. The lowest BCUT2D eigenvalue weighted by Crippen LogP contribution is -2.55. The van der Waals surface area contributed by atoms with Crippen LogP contribution in [0.1, 0.15) is 45.4 Å². The largest absolute Gasteiger partial charge is 0.349 e. The fourth-order valence-corrected chi connectivity index (χ4v) is 2.87. The molecule has 3 heteroatoms. The number of hydrogen-bond donors (Lipinski definition) is 0. The Kier molecular flexibility index (Phi) is 3.12. The minimum Gasteiger partial charge on any atom is -0.349 e. The van der Waals surface area contributed by atoms with E-state index in [-0.39, 0.29) is 5.41 Å². The van der Waals surface area contributed by atoms with E-state index in [1.165, 1.54) is 6.42 Å². The molecule has 0 radical (unpaired) electrons. The SMILES string of the molecule is CC1(CC=O)CCCCC12OCCCO2. The van der Waals surface area contributed by atoms with Crippen molar-refractivity contribution in [2.75, 3.05) is 13.2 Å². The number of rotatable bonds is 2. The molecule has 1 heterocycles. The molecule has 0 amide bonds. The number of hydrogen-bond acceptors (Lipinski definition) is 3. The van der Waals surface area contributed by atoms with Gasteiger partial charge in [0.15, 0.2) is 5.79 Å². The molecule has 1 aliphatic heterocycles. The minimum absolute atomic E-state index is 0.118. The Morgan fingerprint density at radius 3 is 2.47 bits per heavy atom. The van der Waals surface area contributed by atoms with E-state index in [0.717, 1.165) is 45.2 Å². The zero-order chi connectivity index (χ0) is 10.8. The maximum absolute atomic E-state index is 10.8. The van der Waals surface area contributed by atoms with Crippen LogP contribution in [-0.4, -0.2) is 25.3 Å². The molecule has 1 aliphatic carbocycles. The van der Waals surface area contributed by atoms with Gasteiger partial charge in [-0.3, -0.25) is 0 Å². The van der Waals surface area contributed by atoms with Crippen LogP contribution in [0, 0.1) is 5.41 Å². The van der Waals surface area contributed by atoms with Crippen LogP contribution < -0.4 is 0 Å². The standard InChI is InChI=1S/C12H20O3/c1-11(7-8-13)5-2-3-6-12(11)14-9-4-10-15-12/h8H,2-7,9-10H2,1H3. The highest BCUT2D eigenvalue weighted by atomic mass is 16.7. The summed E-state index contributed by atoms with van der Waals surface area (Å²) in [6.45, 7) is 3.68. The van der Waals surface area contributed by atoms with Crippen LogP contribution in [0.2, 0.25) is 0 Å². The second-order valence-corrected chi connectivity index (χ2v) is 4.94. The van der Waals surface area contributed by atoms with Crippen LogP contribution in [0.4, 0.5) is 0 Å². The van der Waals surface area contributed by atoms with E-state index in [1.807, 2.05) is 0 Å². The minimum atomic E-state index is -0.468. The summed E-state index contributed by atoms with van der Waals surface area (Å²) in [6, 6.07) is 0. The zero-order valence-electron chi connectivity index (χ0n) is 9.46. The van der Waals surface area contributed by atoms with Gasteiger partial charge >= 0.3 is 0 Å². The van der Waals surface area contributed by atoms with Crippen LogP contribution in [0.5, 0.6) is 0 Å². The van der Waals surface area contributed by atoms with E-state index in [4.69, 9.17) is 9.47 Å². The fourth-order valence-electron chi connectivity index (χ4n) is 2.87. The molecule has 15 heavy (non-hydrogen) atoms. The molecule has 2 fully saturated rings. The Morgan fingerprint density at radius 2 is 1.80 bits per heavy atom. The van der Waals surface area contributed by atoms with Crippen LogP contribution in [0.25, 0.3) is 0 Å². The van der Waals surface area contributed by atoms with Crippen molar-refractivity contribution in [1.29, 1.82) is 0 Å². The predicted octanol–water partition coefficient (Wildman–Crippen LogP) is 2.29. The Morgan fingerprint density at radius 1 is 1.13 bits per heavy atom. The van der Waals surface area contributed by atoms with Crippen molar-refractivity contribution in [3.63, 3.8) is 0 Å². The molecular weight excluding hydrogens is 192 g/mol. The topological polar surface area (TPSA) is 35.5 Å². The lowest BCUT2D eigenvalue weighted by atomic mass is 9.68. The molecule has 2 aliphatic rings. The van der Waals surface area contributed by atoms with E-state index < -0.39 is 5.79 Å². The van der Waals surface area contributed by atoms with Gasteiger partial charge in [0.25, 0.3) is 0 Å². The van der Waals surface area contributed by atoms with Gasteiger partial charge in [-0.25, -0.2) is 0 Å². The van der Waals surface area contributed by atoms with E-state index in [2.05, 4.69) is 6.92 Å². The average Bonchev–Trinajstić information content (AvgIpc) is 2.25. The van der Waals surface area contributed by atoms with Crippen molar-refractivity contribution in [2.45, 2.75) is 51.2 Å². The van der Waals surface area contributed by atoms with Gasteiger partial charge in [-0.15, -0.1) is 0 Å². The summed E-state index contributed by atoms with van der Waals surface area (Å²) < 4.78 is 11.8. The molecule has 3 nitrogen and oxygen atoms in total. The van der Waals surface area contributed by atoms with Gasteiger partial charge in [-0.1, -0.05) is 13.3 Å². The van der Waals surface area contributed by atoms with Gasteiger partial charge in [0.05, 0.1) is 13.2 Å². The van der Waals surface area contributed by atoms with Gasteiger partial charge in [0.1, 0.15) is 6.29 Å². The van der Waals surface area contributed by atoms with Crippen molar-refractivity contribution in [2.24, 2.45) is 5.41 Å². The van der Waals surface area contributed by atoms with Crippen molar-refractivity contribution >= 4 is 6.29 Å². The van der Waals surface area contributed by atoms with Crippen molar-refractivity contribution in [3.05, 3.63) is 0 Å². The quantitative estimate of drug-likeness (QED) is 0.659. The summed E-state index contributed by atoms with van der Waals surface area (Å²) in [5.41, 5.74) is -0.118. The third-order valence-corrected chi connectivity index (χ3v) is 3.90. The summed E-state index contributed by atoms with van der Waals surface area (Å²) >= 11 is 0. The first-order valence-corrected chi connectivity index (χ1v) is 5.94. The first kappa shape index (κ1) is 11.1. The highest BCUT2D eigenvalue weighted by Gasteiger charge is 2.52. The maximum Gasteiger partial charge on any atom is 0.173 e. The van der Waals surface area contributed by atoms with E-state index in [1.54, 1.807) is 0 Å². The monoisotopic (exact) mass is 212 g/mol. The predicted molar refractivity (Wildman–Crippen MR) is 56.5 cm³/mol. The molecule has 0 bridgehead atoms. The fraction of sp³-hybridized carbons (Fsp3) is 0.917. The zero-order valence-corrected chi connectivity index (χ0v) is 9.46. The summed E-state index contributed by atoms with van der Waals surface area (Å²) in [5.74, 6) is -0.468. The van der Waals surface area contributed by atoms with Crippen LogP contribution in [0.3, 0.4) is 0 Å². The Bertz CT molecular complexity index is 225. The van der Waals surface area contributed by atoms with Crippen LogP contribution in [0.15, 0.2) is 0 Å². The number of aldehydes is 1. The second kappa shape index (κ2) is 4.22. The molecule has 0 aromatic heterocycles. The van der Waals surface area contributed by atoms with E-state index in [0.29, 0.717) is 6.42 Å². The summed E-state index contributed by atoms with van der Waals surface area (Å²) in [5, 5.41) is 0. The van der Waals surface area contributed by atoms with E-state index in [9.17, 15) is 4.79 Å². The molecule has 1 saturated carbocycles. The third kappa shape index (κ3) is 1.83. The van der Waals surface area contributed by atoms with Gasteiger partial charge < -0.3 is 14.3 Å². The molecule has 0 aromatic carbocycles. The van der Waals surface area contributed by atoms with Crippen molar-refractivity contribution in [1.82, 2.24) is 0 Å². The summed E-state index contributed by atoms with van der Waals surface area (Å²) in [6.07, 6.45) is 6.83. The highest BCUT2D eigenvalue weighted by Crippen LogP contribution is 2.50. The molecule has 1 saturated heterocycles. The number of carbonyl (C=O) groups excluding carboxylic acids is 1. The second-order valence-electron chi connectivity index (χ2n) is 4.94. The van der Waals surface area contributed by atoms with Crippen LogP contribution >= 0.6 is 0 Å². The van der Waals surface area contributed by atoms with Crippen molar-refractivity contribution < 1.29 is 14.3 Å². The number of carbonyl (C=O) groups is 1. The third-order valence-electron chi connectivity index (χ3n) is 3.90. The Labute approximate surface area is 91.1 Å². The molecular formula is C12H20O3. The lowest BCUT2D eigenvalue weighted by Gasteiger charge is -2.52. The molecule has 1 spiro atoms. The van der Waals surface area contributed by atoms with Gasteiger partial charge in [-0.05, 0) is 19.3 Å². The molecule has 86 valence electrons. The van der Waals surface area contributed by atoms with Gasteiger partial charge in [0, 0.05) is 18.3 Å². The smallest absolute Gasteiger partial charge is 0.173 e. The normalized spacial score (nSPS) is 35.3. The van der Waals surface area contributed by atoms with Gasteiger partial charge in [-0.2, -0.15) is 0 Å². The first-order valence-electron chi connectivity index (χ1n) is 5.94. The van der Waals surface area contributed by atoms with Crippen LogP contribution in [-0.2, 0) is 14.3 Å². The highest BCUT2D eigenvalue weighted by molar-refractivity contribution is 5.51. The van der Waals surface area contributed by atoms with Crippen molar-refractivity contribution in [3.8, 4) is 0 Å². The summed E-state index contributed by atoms with van der Waals surface area (Å²) in [4.78, 5) is 10.8. The Balaban J connectivity index is 2.20.